The number of methoxy groups -OCH3 is 1. The lowest BCUT2D eigenvalue weighted by molar-refractivity contribution is 0.204. The molecule has 0 saturated heterocycles. The number of nitrogens with zero attached hydrogens (tertiary/aromatic N) is 3. The van der Waals surface area contributed by atoms with E-state index in [1.165, 1.54) is 15.9 Å². The normalized spacial score (nSPS) is 11.2. The standard InChI is InChI=1S/C18H24N6O4S/c1-3-4-6-24-15(19)13(16(25)22-18(24)27)23(7-8-28-2)10-12-20-11-5-9-29-14(11)17(26)21-12/h5,9H,3-4,6-8,10,19H2,1-2H3,(H,20,21,26)(H,22,25,27). The summed E-state index contributed by atoms with van der Waals surface area (Å²) in [6.07, 6.45) is 1.62. The summed E-state index contributed by atoms with van der Waals surface area (Å²) < 4.78 is 7.06. The van der Waals surface area contributed by atoms with Crippen LogP contribution in [0.4, 0.5) is 11.5 Å². The van der Waals surface area contributed by atoms with Gasteiger partial charge in [0.1, 0.15) is 22.0 Å². The minimum atomic E-state index is -0.588. The van der Waals surface area contributed by atoms with Crippen LogP contribution in [0.3, 0.4) is 0 Å². The van der Waals surface area contributed by atoms with Gasteiger partial charge >= 0.3 is 5.69 Å². The van der Waals surface area contributed by atoms with Gasteiger partial charge in [0.15, 0.2) is 0 Å². The number of fused-ring (bicyclic) bond motifs is 1. The number of ether oxygens (including phenoxy) is 1. The van der Waals surface area contributed by atoms with Crippen LogP contribution in [-0.2, 0) is 17.8 Å². The van der Waals surface area contributed by atoms with Crippen LogP contribution >= 0.6 is 11.3 Å². The molecule has 0 saturated carbocycles. The number of nitrogens with two attached hydrogens (primary N) is 1. The lowest BCUT2D eigenvalue weighted by Gasteiger charge is -2.25. The van der Waals surface area contributed by atoms with Gasteiger partial charge in [-0.05, 0) is 17.9 Å². The molecule has 0 aromatic carbocycles. The molecule has 0 amide bonds. The second-order valence-electron chi connectivity index (χ2n) is 6.56. The van der Waals surface area contributed by atoms with Crippen molar-refractivity contribution in [2.45, 2.75) is 32.9 Å². The summed E-state index contributed by atoms with van der Waals surface area (Å²) in [6.45, 7) is 3.17. The summed E-state index contributed by atoms with van der Waals surface area (Å²) >= 11 is 1.31. The Morgan fingerprint density at radius 2 is 2.07 bits per heavy atom. The van der Waals surface area contributed by atoms with Crippen LogP contribution in [0.5, 0.6) is 0 Å². The molecule has 29 heavy (non-hydrogen) atoms. The first kappa shape index (κ1) is 20.8. The molecule has 0 spiro atoms. The average Bonchev–Trinajstić information content (AvgIpc) is 3.14. The van der Waals surface area contributed by atoms with E-state index < -0.39 is 11.2 Å². The number of unbranched alkanes of at least 4 members (excludes halogenated alkanes) is 1. The zero-order chi connectivity index (χ0) is 21.0. The Morgan fingerprint density at radius 1 is 1.28 bits per heavy atom. The van der Waals surface area contributed by atoms with Crippen molar-refractivity contribution in [3.63, 3.8) is 0 Å². The molecular weight excluding hydrogens is 396 g/mol. The van der Waals surface area contributed by atoms with Crippen molar-refractivity contribution in [1.82, 2.24) is 19.5 Å². The second-order valence-corrected chi connectivity index (χ2v) is 7.48. The van der Waals surface area contributed by atoms with Gasteiger partial charge in [0.25, 0.3) is 11.1 Å². The lowest BCUT2D eigenvalue weighted by atomic mass is 10.3. The third kappa shape index (κ3) is 4.40. The van der Waals surface area contributed by atoms with Crippen molar-refractivity contribution >= 4 is 33.1 Å². The van der Waals surface area contributed by atoms with E-state index in [0.29, 0.717) is 35.7 Å². The first-order valence-electron chi connectivity index (χ1n) is 9.29. The first-order valence-corrected chi connectivity index (χ1v) is 10.2. The summed E-state index contributed by atoms with van der Waals surface area (Å²) in [5.74, 6) is 0.476. The molecule has 0 radical (unpaired) electrons. The number of hydrogen-bond acceptors (Lipinski definition) is 8. The van der Waals surface area contributed by atoms with Crippen LogP contribution < -0.4 is 27.4 Å². The highest BCUT2D eigenvalue weighted by molar-refractivity contribution is 7.17. The first-order chi connectivity index (χ1) is 14.0. The third-order valence-corrected chi connectivity index (χ3v) is 5.44. The number of rotatable bonds is 9. The molecule has 11 heteroatoms. The van der Waals surface area contributed by atoms with Crippen LogP contribution in [0.15, 0.2) is 25.8 Å². The number of anilines is 2. The number of H-pyrrole nitrogens is 2. The Hall–Kier alpha value is -2.92. The van der Waals surface area contributed by atoms with Crippen LogP contribution in [-0.4, -0.2) is 39.8 Å². The van der Waals surface area contributed by atoms with Crippen LogP contribution in [0.25, 0.3) is 10.2 Å². The molecule has 3 rings (SSSR count). The number of nitrogens with one attached hydrogen (secondary N) is 2. The molecule has 0 aliphatic rings. The highest BCUT2D eigenvalue weighted by atomic mass is 32.1. The maximum atomic E-state index is 12.6. The topological polar surface area (TPSA) is 139 Å². The molecular formula is C18H24N6O4S. The molecule has 10 nitrogen and oxygen atoms in total. The van der Waals surface area contributed by atoms with Gasteiger partial charge < -0.3 is 20.4 Å². The highest BCUT2D eigenvalue weighted by Gasteiger charge is 2.20. The van der Waals surface area contributed by atoms with Gasteiger partial charge in [0.05, 0.1) is 18.7 Å². The van der Waals surface area contributed by atoms with Crippen molar-refractivity contribution in [3.8, 4) is 0 Å². The highest BCUT2D eigenvalue weighted by Crippen LogP contribution is 2.20. The van der Waals surface area contributed by atoms with E-state index in [1.54, 1.807) is 23.5 Å². The fourth-order valence-electron chi connectivity index (χ4n) is 3.07. The number of aromatic nitrogens is 4. The van der Waals surface area contributed by atoms with Gasteiger partial charge in [-0.3, -0.25) is 19.1 Å². The fraction of sp³-hybridized carbons (Fsp3) is 0.444. The number of aromatic amines is 2. The SMILES string of the molecule is CCCCn1c(N)c(N(CCOC)Cc2nc3ccsc3c(=O)[nH]2)c(=O)[nH]c1=O. The molecule has 0 aliphatic carbocycles. The quantitative estimate of drug-likeness (QED) is 0.467. The van der Waals surface area contributed by atoms with E-state index in [4.69, 9.17) is 10.5 Å². The molecule has 3 aromatic heterocycles. The van der Waals surface area contributed by atoms with Gasteiger partial charge in [-0.2, -0.15) is 0 Å². The Morgan fingerprint density at radius 3 is 2.79 bits per heavy atom. The van der Waals surface area contributed by atoms with E-state index in [2.05, 4.69) is 15.0 Å². The van der Waals surface area contributed by atoms with E-state index in [9.17, 15) is 14.4 Å². The maximum absolute atomic E-state index is 12.6. The maximum Gasteiger partial charge on any atom is 0.330 e. The van der Waals surface area contributed by atoms with Crippen molar-refractivity contribution in [1.29, 1.82) is 0 Å². The van der Waals surface area contributed by atoms with Gasteiger partial charge in [0, 0.05) is 20.2 Å². The van der Waals surface area contributed by atoms with Crippen molar-refractivity contribution in [2.24, 2.45) is 0 Å². The van der Waals surface area contributed by atoms with E-state index in [0.717, 1.165) is 12.8 Å². The molecule has 0 bridgehead atoms. The predicted molar refractivity (Wildman–Crippen MR) is 114 cm³/mol. The van der Waals surface area contributed by atoms with E-state index in [-0.39, 0.29) is 23.6 Å². The molecule has 3 aromatic rings. The minimum absolute atomic E-state index is 0.0854. The van der Waals surface area contributed by atoms with Gasteiger partial charge in [-0.15, -0.1) is 11.3 Å². The largest absolute Gasteiger partial charge is 0.383 e. The third-order valence-electron chi connectivity index (χ3n) is 4.54. The fourth-order valence-corrected chi connectivity index (χ4v) is 3.80. The summed E-state index contributed by atoms with van der Waals surface area (Å²) in [4.78, 5) is 48.3. The molecule has 3 heterocycles. The van der Waals surface area contributed by atoms with Crippen LogP contribution in [0.1, 0.15) is 25.6 Å². The summed E-state index contributed by atoms with van der Waals surface area (Å²) in [5.41, 5.74) is 5.62. The number of thiophene rings is 1. The van der Waals surface area contributed by atoms with Gasteiger partial charge in [-0.1, -0.05) is 13.3 Å². The van der Waals surface area contributed by atoms with Crippen molar-refractivity contribution < 1.29 is 4.74 Å². The van der Waals surface area contributed by atoms with Crippen molar-refractivity contribution in [3.05, 3.63) is 48.5 Å². The Balaban J connectivity index is 2.05. The Bertz CT molecular complexity index is 1160. The molecule has 0 atom stereocenters. The summed E-state index contributed by atoms with van der Waals surface area (Å²) in [7, 11) is 1.55. The Labute approximate surface area is 170 Å². The lowest BCUT2D eigenvalue weighted by Crippen LogP contribution is -2.39. The zero-order valence-corrected chi connectivity index (χ0v) is 17.2. The smallest absolute Gasteiger partial charge is 0.330 e. The molecule has 4 N–H and O–H groups in total. The monoisotopic (exact) mass is 420 g/mol. The Kier molecular flexibility index (Phi) is 6.49. The number of nitrogen functional groups attached to an aromatic ring is 1. The molecule has 0 unspecified atom stereocenters. The van der Waals surface area contributed by atoms with Gasteiger partial charge in [0.2, 0.25) is 0 Å². The summed E-state index contributed by atoms with van der Waals surface area (Å²) in [5, 5.41) is 1.80. The molecule has 0 aliphatic heterocycles. The van der Waals surface area contributed by atoms with E-state index >= 15 is 0 Å². The molecule has 156 valence electrons. The molecule has 0 fully saturated rings. The average molecular weight is 420 g/mol. The number of hydrogen-bond donors (Lipinski definition) is 3. The predicted octanol–water partition coefficient (Wildman–Crippen LogP) is 0.870. The minimum Gasteiger partial charge on any atom is -0.383 e. The van der Waals surface area contributed by atoms with E-state index in [1.807, 2.05) is 6.92 Å². The van der Waals surface area contributed by atoms with Crippen LogP contribution in [0.2, 0.25) is 0 Å². The van der Waals surface area contributed by atoms with Crippen molar-refractivity contribution in [2.75, 3.05) is 30.9 Å². The van der Waals surface area contributed by atoms with Gasteiger partial charge in [-0.25, -0.2) is 9.78 Å². The zero-order valence-electron chi connectivity index (χ0n) is 16.4. The van der Waals surface area contributed by atoms with Crippen LogP contribution in [0, 0.1) is 0 Å². The second kappa shape index (κ2) is 9.05. The summed E-state index contributed by atoms with van der Waals surface area (Å²) in [6, 6.07) is 1.77.